The summed E-state index contributed by atoms with van der Waals surface area (Å²) in [4.78, 5) is 23.4. The SMILES string of the molecule is O=C(NCCNC(=O)C1CCCCC1)OCc1ccccc1. The Balaban J connectivity index is 1.54. The molecule has 1 aliphatic carbocycles. The van der Waals surface area contributed by atoms with E-state index in [1.807, 2.05) is 30.3 Å². The van der Waals surface area contributed by atoms with Gasteiger partial charge in [-0.3, -0.25) is 4.79 Å². The molecule has 0 spiro atoms. The number of hydrogen-bond donors (Lipinski definition) is 2. The normalized spacial score (nSPS) is 15.1. The lowest BCUT2D eigenvalue weighted by atomic mass is 9.89. The van der Waals surface area contributed by atoms with Crippen LogP contribution in [0.15, 0.2) is 30.3 Å². The van der Waals surface area contributed by atoms with Gasteiger partial charge in [0.15, 0.2) is 0 Å². The number of benzene rings is 1. The zero-order chi connectivity index (χ0) is 15.6. The Morgan fingerprint density at radius 2 is 1.68 bits per heavy atom. The monoisotopic (exact) mass is 304 g/mol. The zero-order valence-electron chi connectivity index (χ0n) is 12.8. The smallest absolute Gasteiger partial charge is 0.407 e. The number of amides is 2. The fourth-order valence-corrected chi connectivity index (χ4v) is 2.63. The summed E-state index contributed by atoms with van der Waals surface area (Å²) >= 11 is 0. The first-order chi connectivity index (χ1) is 10.8. The summed E-state index contributed by atoms with van der Waals surface area (Å²) in [6, 6.07) is 9.52. The van der Waals surface area contributed by atoms with Gasteiger partial charge < -0.3 is 15.4 Å². The van der Waals surface area contributed by atoms with Gasteiger partial charge in [-0.05, 0) is 18.4 Å². The molecule has 0 heterocycles. The van der Waals surface area contributed by atoms with Gasteiger partial charge in [0.1, 0.15) is 6.61 Å². The molecule has 1 fully saturated rings. The van der Waals surface area contributed by atoms with E-state index in [0.29, 0.717) is 13.1 Å². The number of ether oxygens (including phenoxy) is 1. The van der Waals surface area contributed by atoms with E-state index in [4.69, 9.17) is 4.74 Å². The Morgan fingerprint density at radius 3 is 2.41 bits per heavy atom. The second kappa shape index (κ2) is 9.07. The Morgan fingerprint density at radius 1 is 1.00 bits per heavy atom. The average Bonchev–Trinajstić information content (AvgIpc) is 2.58. The molecule has 0 radical (unpaired) electrons. The molecule has 1 aromatic carbocycles. The third-order valence-corrected chi connectivity index (χ3v) is 3.88. The summed E-state index contributed by atoms with van der Waals surface area (Å²) in [6.07, 6.45) is 5.02. The van der Waals surface area contributed by atoms with Crippen molar-refractivity contribution in [1.82, 2.24) is 10.6 Å². The van der Waals surface area contributed by atoms with Gasteiger partial charge in [0.25, 0.3) is 0 Å². The highest BCUT2D eigenvalue weighted by atomic mass is 16.5. The Bertz CT molecular complexity index is 470. The lowest BCUT2D eigenvalue weighted by Gasteiger charge is -2.20. The number of hydrogen-bond acceptors (Lipinski definition) is 3. The van der Waals surface area contributed by atoms with Crippen LogP contribution in [0.1, 0.15) is 37.7 Å². The van der Waals surface area contributed by atoms with Crippen LogP contribution in [0.25, 0.3) is 0 Å². The average molecular weight is 304 g/mol. The van der Waals surface area contributed by atoms with Crippen LogP contribution >= 0.6 is 0 Å². The van der Waals surface area contributed by atoms with E-state index < -0.39 is 6.09 Å². The first-order valence-electron chi connectivity index (χ1n) is 7.98. The molecule has 0 aromatic heterocycles. The third kappa shape index (κ3) is 5.76. The van der Waals surface area contributed by atoms with Gasteiger partial charge in [-0.25, -0.2) is 4.79 Å². The van der Waals surface area contributed by atoms with Crippen molar-refractivity contribution < 1.29 is 14.3 Å². The highest BCUT2D eigenvalue weighted by Crippen LogP contribution is 2.23. The fraction of sp³-hybridized carbons (Fsp3) is 0.529. The standard InChI is InChI=1S/C17H24N2O3/c20-16(15-9-5-2-6-10-15)18-11-12-19-17(21)22-13-14-7-3-1-4-8-14/h1,3-4,7-8,15H,2,5-6,9-13H2,(H,18,20)(H,19,21). The van der Waals surface area contributed by atoms with Crippen molar-refractivity contribution in [2.75, 3.05) is 13.1 Å². The van der Waals surface area contributed by atoms with Crippen LogP contribution in [0.3, 0.4) is 0 Å². The summed E-state index contributed by atoms with van der Waals surface area (Å²) in [5.74, 6) is 0.262. The van der Waals surface area contributed by atoms with Crippen LogP contribution in [0.4, 0.5) is 4.79 Å². The van der Waals surface area contributed by atoms with Crippen LogP contribution in [0.5, 0.6) is 0 Å². The minimum absolute atomic E-state index is 0.110. The number of rotatable bonds is 6. The molecule has 1 saturated carbocycles. The molecule has 0 aliphatic heterocycles. The summed E-state index contributed by atoms with van der Waals surface area (Å²) < 4.78 is 5.09. The summed E-state index contributed by atoms with van der Waals surface area (Å²) in [5.41, 5.74) is 0.947. The minimum atomic E-state index is -0.462. The third-order valence-electron chi connectivity index (χ3n) is 3.88. The molecular weight excluding hydrogens is 280 g/mol. The topological polar surface area (TPSA) is 67.4 Å². The number of nitrogens with one attached hydrogen (secondary N) is 2. The molecule has 5 nitrogen and oxygen atoms in total. The zero-order valence-corrected chi connectivity index (χ0v) is 12.8. The van der Waals surface area contributed by atoms with E-state index in [9.17, 15) is 9.59 Å². The fourth-order valence-electron chi connectivity index (χ4n) is 2.63. The highest BCUT2D eigenvalue weighted by molar-refractivity contribution is 5.78. The van der Waals surface area contributed by atoms with Crippen molar-refractivity contribution in [2.45, 2.75) is 38.7 Å². The van der Waals surface area contributed by atoms with Gasteiger partial charge in [-0.2, -0.15) is 0 Å². The number of alkyl carbamates (subject to hydrolysis) is 1. The highest BCUT2D eigenvalue weighted by Gasteiger charge is 2.20. The van der Waals surface area contributed by atoms with Crippen LogP contribution < -0.4 is 10.6 Å². The van der Waals surface area contributed by atoms with Crippen molar-refractivity contribution in [1.29, 1.82) is 0 Å². The van der Waals surface area contributed by atoms with Crippen molar-refractivity contribution in [3.05, 3.63) is 35.9 Å². The van der Waals surface area contributed by atoms with Gasteiger partial charge >= 0.3 is 6.09 Å². The van der Waals surface area contributed by atoms with E-state index in [1.165, 1.54) is 6.42 Å². The molecule has 0 atom stereocenters. The van der Waals surface area contributed by atoms with Crippen LogP contribution in [0.2, 0.25) is 0 Å². The maximum absolute atomic E-state index is 11.9. The van der Waals surface area contributed by atoms with E-state index in [1.54, 1.807) is 0 Å². The van der Waals surface area contributed by atoms with Gasteiger partial charge in [0, 0.05) is 19.0 Å². The van der Waals surface area contributed by atoms with Crippen LogP contribution in [-0.2, 0) is 16.1 Å². The molecule has 1 aliphatic rings. The van der Waals surface area contributed by atoms with Crippen LogP contribution in [0, 0.1) is 5.92 Å². The quantitative estimate of drug-likeness (QED) is 0.794. The Kier molecular flexibility index (Phi) is 6.74. The molecule has 2 rings (SSSR count). The van der Waals surface area contributed by atoms with Crippen molar-refractivity contribution >= 4 is 12.0 Å². The van der Waals surface area contributed by atoms with Gasteiger partial charge in [-0.15, -0.1) is 0 Å². The number of carbonyl (C=O) groups is 2. The Hall–Kier alpha value is -2.04. The van der Waals surface area contributed by atoms with Gasteiger partial charge in [0.2, 0.25) is 5.91 Å². The molecule has 1 aromatic rings. The van der Waals surface area contributed by atoms with Gasteiger partial charge in [-0.1, -0.05) is 49.6 Å². The predicted molar refractivity (Wildman–Crippen MR) is 84.2 cm³/mol. The molecule has 120 valence electrons. The number of carbonyl (C=O) groups excluding carboxylic acids is 2. The first kappa shape index (κ1) is 16.3. The van der Waals surface area contributed by atoms with E-state index in [-0.39, 0.29) is 18.4 Å². The summed E-state index contributed by atoms with van der Waals surface area (Å²) in [5, 5.41) is 5.51. The van der Waals surface area contributed by atoms with Gasteiger partial charge in [0.05, 0.1) is 0 Å². The van der Waals surface area contributed by atoms with Crippen molar-refractivity contribution in [2.24, 2.45) is 5.92 Å². The van der Waals surface area contributed by atoms with E-state index >= 15 is 0 Å². The largest absolute Gasteiger partial charge is 0.445 e. The lowest BCUT2D eigenvalue weighted by Crippen LogP contribution is -2.38. The maximum Gasteiger partial charge on any atom is 0.407 e. The Labute approximate surface area is 131 Å². The molecule has 0 saturated heterocycles. The molecule has 2 N–H and O–H groups in total. The maximum atomic E-state index is 11.9. The molecular formula is C17H24N2O3. The van der Waals surface area contributed by atoms with Crippen molar-refractivity contribution in [3.63, 3.8) is 0 Å². The van der Waals surface area contributed by atoms with Crippen LogP contribution in [-0.4, -0.2) is 25.1 Å². The van der Waals surface area contributed by atoms with Crippen molar-refractivity contribution in [3.8, 4) is 0 Å². The first-order valence-corrected chi connectivity index (χ1v) is 7.98. The molecule has 0 unspecified atom stereocenters. The lowest BCUT2D eigenvalue weighted by molar-refractivity contribution is -0.125. The van der Waals surface area contributed by atoms with E-state index in [2.05, 4.69) is 10.6 Å². The second-order valence-corrected chi connectivity index (χ2v) is 5.61. The van der Waals surface area contributed by atoms with E-state index in [0.717, 1.165) is 31.2 Å². The molecule has 0 bridgehead atoms. The second-order valence-electron chi connectivity index (χ2n) is 5.61. The summed E-state index contributed by atoms with van der Waals surface area (Å²) in [6.45, 7) is 1.07. The molecule has 5 heteroatoms. The minimum Gasteiger partial charge on any atom is -0.445 e. The predicted octanol–water partition coefficient (Wildman–Crippen LogP) is 2.61. The summed E-state index contributed by atoms with van der Waals surface area (Å²) in [7, 11) is 0. The molecule has 22 heavy (non-hydrogen) atoms. The molecule has 2 amide bonds.